The van der Waals surface area contributed by atoms with Gasteiger partial charge < -0.3 is 75.1 Å². The van der Waals surface area contributed by atoms with Crippen molar-refractivity contribution in [1.82, 2.24) is 37.2 Å². The van der Waals surface area contributed by atoms with Gasteiger partial charge in [-0.25, -0.2) is 0 Å². The second-order valence-corrected chi connectivity index (χ2v) is 23.4. The molecule has 9 amide bonds. The normalized spacial score (nSPS) is 20.7. The molecule has 0 bridgehead atoms. The van der Waals surface area contributed by atoms with Gasteiger partial charge in [-0.15, -0.1) is 0 Å². The van der Waals surface area contributed by atoms with E-state index < -0.39 is 108 Å². The molecule has 4 aromatic rings. The molecule has 1 fully saturated rings. The molecule has 0 spiro atoms. The quantitative estimate of drug-likeness (QED) is 0.0411. The average molecular weight is 1200 g/mol. The van der Waals surface area contributed by atoms with Crippen molar-refractivity contribution < 1.29 is 58.5 Å². The second-order valence-electron chi connectivity index (χ2n) is 20.4. The van der Waals surface area contributed by atoms with Crippen LogP contribution in [-0.4, -0.2) is 141 Å². The second kappa shape index (κ2) is 33.0. The number of nitrogens with one attached hydrogen (secondary N) is 8. The van der Waals surface area contributed by atoms with Gasteiger partial charge in [0.05, 0.1) is 12.1 Å². The monoisotopic (exact) mass is 1200 g/mol. The van der Waals surface area contributed by atoms with Crippen LogP contribution in [0.1, 0.15) is 68.7 Å². The molecule has 5 rings (SSSR count). The zero-order valence-electron chi connectivity index (χ0n) is 46.2. The Morgan fingerprint density at radius 1 is 0.663 bits per heavy atom. The molecular weight excluding hydrogens is 1130 g/mol. The number of amides is 9. The minimum atomic E-state index is -1.75. The predicted molar refractivity (Wildman–Crippen MR) is 317 cm³/mol. The summed E-state index contributed by atoms with van der Waals surface area (Å²) in [7, 11) is 1.98. The lowest BCUT2D eigenvalue weighted by atomic mass is 10.0. The molecule has 0 radical (unpaired) electrons. The first-order valence-electron chi connectivity index (χ1n) is 27.0. The van der Waals surface area contributed by atoms with Gasteiger partial charge in [0.1, 0.15) is 53.8 Å². The van der Waals surface area contributed by atoms with Gasteiger partial charge in [-0.05, 0) is 116 Å². The Kier molecular flexibility index (Phi) is 26.4. The summed E-state index contributed by atoms with van der Waals surface area (Å²) in [6, 6.07) is 13.7. The van der Waals surface area contributed by atoms with Crippen molar-refractivity contribution >= 4 is 92.0 Å². The number of primary amides is 1. The number of aromatic hydroxyl groups is 2. The highest BCUT2D eigenvalue weighted by Gasteiger charge is 2.36. The molecule has 1 saturated heterocycles. The van der Waals surface area contributed by atoms with Crippen LogP contribution in [0, 0.1) is 5.92 Å². The van der Waals surface area contributed by atoms with Gasteiger partial charge >= 0.3 is 0 Å². The lowest BCUT2D eigenvalue weighted by Gasteiger charge is -2.29. The topological polar surface area (TPSA) is 389 Å². The minimum Gasteiger partial charge on any atom is -0.508 e. The molecule has 83 heavy (non-hydrogen) atoms. The fourth-order valence-electron chi connectivity index (χ4n) is 8.41. The van der Waals surface area contributed by atoms with Crippen LogP contribution in [0.15, 0.2) is 97.1 Å². The summed E-state index contributed by atoms with van der Waals surface area (Å²) in [5.74, 6) is -8.15. The van der Waals surface area contributed by atoms with Crippen molar-refractivity contribution in [2.75, 3.05) is 23.4 Å². The summed E-state index contributed by atoms with van der Waals surface area (Å²) in [6.45, 7) is 5.03. The Bertz CT molecular complexity index is 2850. The Morgan fingerprint density at radius 3 is 1.73 bits per heavy atom. The number of carbonyl (C=O) groups excluding carboxylic acids is 9. The van der Waals surface area contributed by atoms with Gasteiger partial charge in [0.2, 0.25) is 53.2 Å². The van der Waals surface area contributed by atoms with Gasteiger partial charge in [-0.3, -0.25) is 43.2 Å². The van der Waals surface area contributed by atoms with E-state index in [9.17, 15) is 58.5 Å². The number of aliphatic hydroxyl groups is 1. The molecule has 1 aliphatic heterocycles. The molecule has 1 heterocycles. The maximum Gasteiger partial charge on any atom is 0.245 e. The summed E-state index contributed by atoms with van der Waals surface area (Å²) in [6.07, 6.45) is -1.32. The number of hydrogen-bond acceptors (Lipinski definition) is 16. The van der Waals surface area contributed by atoms with E-state index in [2.05, 4.69) is 42.5 Å². The third-order valence-corrected chi connectivity index (χ3v) is 16.1. The summed E-state index contributed by atoms with van der Waals surface area (Å²) in [4.78, 5) is 127. The molecule has 26 heteroatoms. The largest absolute Gasteiger partial charge is 0.508 e. The van der Waals surface area contributed by atoms with E-state index in [0.29, 0.717) is 33.8 Å². The van der Waals surface area contributed by atoms with Crippen LogP contribution >= 0.6 is 33.2 Å². The van der Waals surface area contributed by atoms with E-state index in [4.69, 9.17) is 28.8 Å². The third kappa shape index (κ3) is 22.0. The summed E-state index contributed by atoms with van der Waals surface area (Å²) < 4.78 is 0. The molecule has 0 saturated carbocycles. The van der Waals surface area contributed by atoms with Crippen molar-refractivity contribution in [3.05, 3.63) is 124 Å². The Morgan fingerprint density at radius 2 is 1.18 bits per heavy atom. The summed E-state index contributed by atoms with van der Waals surface area (Å²) in [5, 5.41) is 52.9. The predicted octanol–water partition coefficient (Wildman–Crippen LogP) is 1.12. The SMILES string of the molecule is CC(C)C(N)C(=O)Nc1ccc(C[C@H]2NC(=O)[C@H](Cc3ccc(O)cc3)NC(=O)[C@H](NC(=O)CCc3ccc(Cl)cc3)CSSC[C@@H](C(=O)N[C@H](Cc3ccc(O)cc3)C(N)=O)NC(=O)C(C(C)O)NC(=O)[C@H](CCCCN)NC2=O)cc1. The fourth-order valence-corrected chi connectivity index (χ4v) is 10.9. The van der Waals surface area contributed by atoms with Crippen LogP contribution in [0.2, 0.25) is 5.02 Å². The number of anilines is 1. The highest BCUT2D eigenvalue weighted by molar-refractivity contribution is 8.76. The Balaban J connectivity index is 1.57. The number of phenolic OH excluding ortho intramolecular Hbond substituents is 2. The molecule has 9 atom stereocenters. The molecule has 17 N–H and O–H groups in total. The van der Waals surface area contributed by atoms with E-state index >= 15 is 0 Å². The first-order valence-corrected chi connectivity index (χ1v) is 29.9. The van der Waals surface area contributed by atoms with Crippen molar-refractivity contribution in [3.63, 3.8) is 0 Å². The number of halogens is 1. The molecule has 1 aliphatic rings. The zero-order valence-corrected chi connectivity index (χ0v) is 48.6. The van der Waals surface area contributed by atoms with Crippen LogP contribution < -0.4 is 59.7 Å². The zero-order chi connectivity index (χ0) is 60.8. The number of hydrogen-bond donors (Lipinski definition) is 14. The number of unbranched alkanes of at least 4 members (excludes halogenated alkanes) is 1. The van der Waals surface area contributed by atoms with Crippen LogP contribution in [0.25, 0.3) is 0 Å². The summed E-state index contributed by atoms with van der Waals surface area (Å²) in [5.41, 5.74) is 20.2. The number of carbonyl (C=O) groups is 9. The van der Waals surface area contributed by atoms with Crippen LogP contribution in [0.4, 0.5) is 5.69 Å². The molecule has 0 aliphatic carbocycles. The van der Waals surface area contributed by atoms with Gasteiger partial charge in [-0.2, -0.15) is 0 Å². The van der Waals surface area contributed by atoms with Gasteiger partial charge in [0.25, 0.3) is 0 Å². The lowest BCUT2D eigenvalue weighted by Crippen LogP contribution is -2.62. The highest BCUT2D eigenvalue weighted by Crippen LogP contribution is 2.25. The van der Waals surface area contributed by atoms with Gasteiger partial charge in [0, 0.05) is 47.9 Å². The van der Waals surface area contributed by atoms with Gasteiger partial charge in [0.15, 0.2) is 0 Å². The maximum absolute atomic E-state index is 14.8. The fraction of sp³-hybridized carbons (Fsp3) is 0.421. The molecule has 448 valence electrons. The summed E-state index contributed by atoms with van der Waals surface area (Å²) >= 11 is 6.08. The molecule has 3 unspecified atom stereocenters. The Labute approximate surface area is 494 Å². The molecule has 0 aromatic heterocycles. The lowest BCUT2D eigenvalue weighted by molar-refractivity contribution is -0.136. The molecular formula is C57H74ClN11O12S2. The minimum absolute atomic E-state index is 0.0444. The van der Waals surface area contributed by atoms with E-state index in [1.54, 1.807) is 62.4 Å². The molecule has 4 aromatic carbocycles. The average Bonchev–Trinajstić information content (AvgIpc) is 3.46. The van der Waals surface area contributed by atoms with Crippen molar-refractivity contribution in [3.8, 4) is 11.5 Å². The number of benzene rings is 4. The number of nitrogens with two attached hydrogens (primary N) is 3. The van der Waals surface area contributed by atoms with Crippen LogP contribution in [0.3, 0.4) is 0 Å². The van der Waals surface area contributed by atoms with E-state index in [1.165, 1.54) is 55.5 Å². The van der Waals surface area contributed by atoms with Crippen molar-refractivity contribution in [1.29, 1.82) is 0 Å². The Hall–Kier alpha value is -7.42. The van der Waals surface area contributed by atoms with Gasteiger partial charge in [-0.1, -0.05) is 95.6 Å². The first kappa shape index (κ1) is 66.4. The van der Waals surface area contributed by atoms with Crippen LogP contribution in [-0.2, 0) is 68.8 Å². The number of aliphatic hydroxyl groups excluding tert-OH is 1. The smallest absolute Gasteiger partial charge is 0.245 e. The van der Waals surface area contributed by atoms with E-state index in [0.717, 1.165) is 27.2 Å². The van der Waals surface area contributed by atoms with E-state index in [-0.39, 0.29) is 80.4 Å². The number of phenols is 2. The highest BCUT2D eigenvalue weighted by atomic mass is 35.5. The number of aryl methyl sites for hydroxylation is 1. The number of rotatable bonds is 21. The first-order chi connectivity index (χ1) is 39.5. The van der Waals surface area contributed by atoms with Crippen molar-refractivity contribution in [2.45, 2.75) is 127 Å². The van der Waals surface area contributed by atoms with E-state index in [1.807, 2.05) is 0 Å². The third-order valence-electron chi connectivity index (χ3n) is 13.4. The standard InChI is InChI=1S/C57H74ClN11O12S2/c1-31(2)48(60)56(80)62-38-18-9-34(10-19-38)27-43-52(76)64-41(6-4-5-25-59)51(75)69-49(32(3)70)57(81)68-46(55(79)65-42(50(61)74)26-35-11-20-39(71)21-12-35)30-83-82-29-45(63-47(73)24-15-33-7-16-37(58)17-8-33)54(78)67-44(53(77)66-43)28-36-13-22-40(72)23-14-36/h7-14,16-23,31-32,41-46,48-49,70-72H,4-6,15,24-30,59-60H2,1-3H3,(H2,61,74)(H,62,80)(H,63,73)(H,64,76)(H,65,79)(H,66,77)(H,67,78)(H,68,81)(H,69,75)/t32?,41-,42+,43+,44-,45+,46-,48?,49?/m0/s1. The molecule has 23 nitrogen and oxygen atoms in total. The van der Waals surface area contributed by atoms with Crippen molar-refractivity contribution in [2.24, 2.45) is 23.1 Å². The maximum atomic E-state index is 14.8. The van der Waals surface area contributed by atoms with Crippen LogP contribution in [0.5, 0.6) is 11.5 Å².